The number of nitrogens with zero attached hydrogens (tertiary/aromatic N) is 2. The van der Waals surface area contributed by atoms with Gasteiger partial charge in [0.2, 0.25) is 0 Å². The molecule has 1 N–H and O–H groups in total. The van der Waals surface area contributed by atoms with E-state index in [9.17, 15) is 13.6 Å². The van der Waals surface area contributed by atoms with Crippen LogP contribution in [0.25, 0.3) is 5.70 Å². The molecule has 4 rings (SSSR count). The van der Waals surface area contributed by atoms with Crippen molar-refractivity contribution in [2.75, 3.05) is 0 Å². The molecule has 27 heavy (non-hydrogen) atoms. The number of rotatable bonds is 2. The van der Waals surface area contributed by atoms with Crippen molar-refractivity contribution in [3.05, 3.63) is 71.1 Å². The first kappa shape index (κ1) is 17.5. The number of fused-ring (bicyclic) bond motifs is 1. The Bertz CT molecular complexity index is 977. The van der Waals surface area contributed by atoms with E-state index in [1.807, 2.05) is 13.8 Å². The Labute approximate surface area is 156 Å². The Morgan fingerprint density at radius 3 is 2.59 bits per heavy atom. The van der Waals surface area contributed by atoms with E-state index in [2.05, 4.69) is 15.3 Å². The number of nitrogens with one attached hydrogen (secondary N) is 1. The first-order valence-electron chi connectivity index (χ1n) is 8.83. The lowest BCUT2D eigenvalue weighted by molar-refractivity contribution is -0.119. The number of aromatic nitrogens is 1. The van der Waals surface area contributed by atoms with E-state index in [1.165, 1.54) is 30.5 Å². The number of hydrogen-bond donors (Lipinski definition) is 1. The van der Waals surface area contributed by atoms with Crippen LogP contribution in [0.3, 0.4) is 0 Å². The van der Waals surface area contributed by atoms with Crippen LogP contribution in [0.15, 0.2) is 53.2 Å². The van der Waals surface area contributed by atoms with Gasteiger partial charge in [-0.05, 0) is 48.2 Å². The molecule has 138 valence electrons. The molecule has 4 nitrogen and oxygen atoms in total. The van der Waals surface area contributed by atoms with E-state index in [0.29, 0.717) is 29.7 Å². The summed E-state index contributed by atoms with van der Waals surface area (Å²) in [5, 5.41) is 3.20. The summed E-state index contributed by atoms with van der Waals surface area (Å²) in [7, 11) is 0. The second-order valence-electron chi connectivity index (χ2n) is 7.73. The molecule has 0 amide bonds. The number of benzene rings is 1. The predicted molar refractivity (Wildman–Crippen MR) is 99.0 cm³/mol. The second kappa shape index (κ2) is 6.37. The zero-order chi connectivity index (χ0) is 19.2. The molecule has 0 radical (unpaired) electrons. The summed E-state index contributed by atoms with van der Waals surface area (Å²) in [5.74, 6) is -0.572. The molecule has 1 aliphatic heterocycles. The number of hydrogen-bond acceptors (Lipinski definition) is 4. The summed E-state index contributed by atoms with van der Waals surface area (Å²) in [6.07, 6.45) is 2.61. The van der Waals surface area contributed by atoms with Gasteiger partial charge in [0.1, 0.15) is 11.5 Å². The molecular formula is C21H19F2N3O. The van der Waals surface area contributed by atoms with Crippen molar-refractivity contribution < 1.29 is 13.6 Å². The largest absolute Gasteiger partial charge is 0.361 e. The number of carbonyl (C=O) groups is 1. The number of ketones is 1. The topological polar surface area (TPSA) is 54.4 Å². The number of aliphatic imine (C=N–C) groups is 1. The van der Waals surface area contributed by atoms with Crippen LogP contribution in [0, 0.1) is 17.0 Å². The lowest BCUT2D eigenvalue weighted by Crippen LogP contribution is -2.48. The highest BCUT2D eigenvalue weighted by Gasteiger charge is 2.41. The maximum Gasteiger partial charge on any atom is 0.163 e. The first-order chi connectivity index (χ1) is 12.8. The summed E-state index contributed by atoms with van der Waals surface area (Å²) in [6.45, 7) is 4.07. The van der Waals surface area contributed by atoms with Crippen molar-refractivity contribution >= 4 is 17.3 Å². The summed E-state index contributed by atoms with van der Waals surface area (Å²) in [4.78, 5) is 21.5. The van der Waals surface area contributed by atoms with Crippen LogP contribution in [-0.4, -0.2) is 22.6 Å². The average Bonchev–Trinajstić information content (AvgIpc) is 2.60. The SMILES string of the molecule is CC1(C)CC(=O)C2=C(c3ccc(F)cc3)N=C(c3ncccc3F)NC2C1. The van der Waals surface area contributed by atoms with Crippen molar-refractivity contribution in [3.63, 3.8) is 0 Å². The standard InChI is InChI=1S/C21H19F2N3O/c1-21(2)10-15-17(16(27)11-21)18(12-5-7-13(22)8-6-12)26-20(25-15)19-14(23)4-3-9-24-19/h3-9,15H,10-11H2,1-2H3,(H,25,26). The summed E-state index contributed by atoms with van der Waals surface area (Å²) in [6, 6.07) is 8.36. The third-order valence-electron chi connectivity index (χ3n) is 4.93. The van der Waals surface area contributed by atoms with Crippen LogP contribution >= 0.6 is 0 Å². The molecule has 1 saturated carbocycles. The van der Waals surface area contributed by atoms with Crippen molar-refractivity contribution in [2.45, 2.75) is 32.7 Å². The van der Waals surface area contributed by atoms with Crippen molar-refractivity contribution in [2.24, 2.45) is 10.4 Å². The molecule has 6 heteroatoms. The van der Waals surface area contributed by atoms with Crippen LogP contribution in [0.4, 0.5) is 8.78 Å². The Morgan fingerprint density at radius 1 is 1.15 bits per heavy atom. The van der Waals surface area contributed by atoms with Gasteiger partial charge in [-0.25, -0.2) is 18.8 Å². The number of Topliss-reactive ketones (excluding diaryl/α,β-unsaturated/α-hetero) is 1. The van der Waals surface area contributed by atoms with E-state index < -0.39 is 5.82 Å². The smallest absolute Gasteiger partial charge is 0.163 e. The van der Waals surface area contributed by atoms with Gasteiger partial charge in [0.05, 0.1) is 11.7 Å². The first-order valence-corrected chi connectivity index (χ1v) is 8.83. The molecule has 2 aromatic rings. The van der Waals surface area contributed by atoms with Gasteiger partial charge in [0.15, 0.2) is 17.4 Å². The number of pyridine rings is 1. The number of halogens is 2. The summed E-state index contributed by atoms with van der Waals surface area (Å²) in [5.41, 5.74) is 1.57. The minimum atomic E-state index is -0.493. The lowest BCUT2D eigenvalue weighted by atomic mass is 9.71. The van der Waals surface area contributed by atoms with Crippen molar-refractivity contribution in [1.82, 2.24) is 10.3 Å². The van der Waals surface area contributed by atoms with Crippen LogP contribution in [0.5, 0.6) is 0 Å². The van der Waals surface area contributed by atoms with E-state index in [-0.39, 0.29) is 34.6 Å². The molecule has 0 saturated heterocycles. The highest BCUT2D eigenvalue weighted by Crippen LogP contribution is 2.41. The molecule has 1 fully saturated rings. The molecule has 2 aliphatic rings. The zero-order valence-corrected chi connectivity index (χ0v) is 15.1. The molecule has 1 aromatic carbocycles. The van der Waals surface area contributed by atoms with Gasteiger partial charge in [-0.2, -0.15) is 0 Å². The normalized spacial score (nSPS) is 21.4. The molecule has 2 heterocycles. The molecule has 1 aliphatic carbocycles. The fourth-order valence-electron chi connectivity index (χ4n) is 3.75. The predicted octanol–water partition coefficient (Wildman–Crippen LogP) is 3.88. The average molecular weight is 367 g/mol. The van der Waals surface area contributed by atoms with E-state index >= 15 is 0 Å². The Balaban J connectivity index is 1.90. The van der Waals surface area contributed by atoms with Gasteiger partial charge in [-0.15, -0.1) is 0 Å². The fraction of sp³-hybridized carbons (Fsp3) is 0.286. The highest BCUT2D eigenvalue weighted by molar-refractivity contribution is 6.11. The third-order valence-corrected chi connectivity index (χ3v) is 4.93. The Kier molecular flexibility index (Phi) is 4.13. The summed E-state index contributed by atoms with van der Waals surface area (Å²) < 4.78 is 27.7. The maximum absolute atomic E-state index is 14.3. The van der Waals surface area contributed by atoms with Gasteiger partial charge in [0, 0.05) is 23.8 Å². The molecule has 1 atom stereocenters. The van der Waals surface area contributed by atoms with Crippen LogP contribution in [0.1, 0.15) is 37.9 Å². The lowest BCUT2D eigenvalue weighted by Gasteiger charge is -2.39. The van der Waals surface area contributed by atoms with Crippen molar-refractivity contribution in [3.8, 4) is 0 Å². The van der Waals surface area contributed by atoms with E-state index in [1.54, 1.807) is 12.1 Å². The minimum Gasteiger partial charge on any atom is -0.361 e. The van der Waals surface area contributed by atoms with Crippen molar-refractivity contribution in [1.29, 1.82) is 0 Å². The molecule has 1 unspecified atom stereocenters. The molecule has 1 aromatic heterocycles. The molecule has 0 bridgehead atoms. The van der Waals surface area contributed by atoms with Gasteiger partial charge in [0.25, 0.3) is 0 Å². The van der Waals surface area contributed by atoms with Crippen LogP contribution < -0.4 is 5.32 Å². The third kappa shape index (κ3) is 3.27. The maximum atomic E-state index is 14.3. The van der Waals surface area contributed by atoms with Crippen LogP contribution in [-0.2, 0) is 4.79 Å². The quantitative estimate of drug-likeness (QED) is 0.876. The van der Waals surface area contributed by atoms with E-state index in [4.69, 9.17) is 0 Å². The second-order valence-corrected chi connectivity index (χ2v) is 7.73. The highest BCUT2D eigenvalue weighted by atomic mass is 19.1. The minimum absolute atomic E-state index is 0.00682. The summed E-state index contributed by atoms with van der Waals surface area (Å²) >= 11 is 0. The number of carbonyl (C=O) groups excluding carboxylic acids is 1. The Hall–Kier alpha value is -2.89. The van der Waals surface area contributed by atoms with Gasteiger partial charge in [-0.1, -0.05) is 13.8 Å². The van der Waals surface area contributed by atoms with E-state index in [0.717, 1.165) is 0 Å². The molecule has 0 spiro atoms. The number of amidine groups is 1. The molecular weight excluding hydrogens is 348 g/mol. The Morgan fingerprint density at radius 2 is 1.89 bits per heavy atom. The van der Waals surface area contributed by atoms with Crippen LogP contribution in [0.2, 0.25) is 0 Å². The van der Waals surface area contributed by atoms with Gasteiger partial charge in [-0.3, -0.25) is 4.79 Å². The van der Waals surface area contributed by atoms with Gasteiger partial charge < -0.3 is 5.32 Å². The zero-order valence-electron chi connectivity index (χ0n) is 15.1. The monoisotopic (exact) mass is 367 g/mol. The van der Waals surface area contributed by atoms with Gasteiger partial charge >= 0.3 is 0 Å². The fourth-order valence-corrected chi connectivity index (χ4v) is 3.75.